The van der Waals surface area contributed by atoms with Gasteiger partial charge in [0.05, 0.1) is 0 Å². The summed E-state index contributed by atoms with van der Waals surface area (Å²) in [6, 6.07) is 4.05. The fourth-order valence-electron chi connectivity index (χ4n) is 2.25. The van der Waals surface area contributed by atoms with Crippen molar-refractivity contribution in [2.75, 3.05) is 13.1 Å². The van der Waals surface area contributed by atoms with E-state index in [9.17, 15) is 9.59 Å². The molecule has 1 aromatic rings. The van der Waals surface area contributed by atoms with Crippen molar-refractivity contribution in [2.45, 2.75) is 31.2 Å². The maximum absolute atomic E-state index is 12.0. The molecule has 1 saturated heterocycles. The Morgan fingerprint density at radius 1 is 1.53 bits per heavy atom. The van der Waals surface area contributed by atoms with Gasteiger partial charge in [-0.1, -0.05) is 6.07 Å². The van der Waals surface area contributed by atoms with Gasteiger partial charge >= 0.3 is 5.97 Å². The van der Waals surface area contributed by atoms with Crippen molar-refractivity contribution in [3.8, 4) is 0 Å². The third kappa shape index (κ3) is 3.33. The second kappa shape index (κ2) is 5.71. The van der Waals surface area contributed by atoms with Gasteiger partial charge in [0.2, 0.25) is 5.91 Å². The predicted octanol–water partition coefficient (Wildman–Crippen LogP) is 1.09. The molecule has 1 fully saturated rings. The van der Waals surface area contributed by atoms with Gasteiger partial charge in [0, 0.05) is 24.4 Å². The predicted molar refractivity (Wildman–Crippen MR) is 73.0 cm³/mol. The van der Waals surface area contributed by atoms with Gasteiger partial charge in [-0.15, -0.1) is 11.3 Å². The van der Waals surface area contributed by atoms with E-state index in [4.69, 9.17) is 10.8 Å². The fraction of sp³-hybridized carbons (Fsp3) is 0.538. The van der Waals surface area contributed by atoms with Crippen LogP contribution in [-0.2, 0) is 16.0 Å². The number of aryl methyl sites for hydroxylation is 1. The topological polar surface area (TPSA) is 83.6 Å². The second-order valence-corrected chi connectivity index (χ2v) is 5.99. The lowest BCUT2D eigenvalue weighted by Gasteiger charge is -2.20. The first-order valence-corrected chi connectivity index (χ1v) is 7.22. The average Bonchev–Trinajstić information content (AvgIpc) is 2.99. The van der Waals surface area contributed by atoms with Crippen LogP contribution in [0.5, 0.6) is 0 Å². The summed E-state index contributed by atoms with van der Waals surface area (Å²) >= 11 is 1.69. The number of rotatable bonds is 5. The van der Waals surface area contributed by atoms with Crippen molar-refractivity contribution in [2.24, 2.45) is 5.73 Å². The van der Waals surface area contributed by atoms with Crippen LogP contribution in [0.25, 0.3) is 0 Å². The third-order valence-electron chi connectivity index (χ3n) is 3.47. The number of carbonyl (C=O) groups excluding carboxylic acids is 1. The van der Waals surface area contributed by atoms with Crippen LogP contribution in [0.3, 0.4) is 0 Å². The molecule has 5 nitrogen and oxygen atoms in total. The Labute approximate surface area is 116 Å². The zero-order chi connectivity index (χ0) is 13.9. The Morgan fingerprint density at radius 2 is 2.32 bits per heavy atom. The highest BCUT2D eigenvalue weighted by Crippen LogP contribution is 2.20. The summed E-state index contributed by atoms with van der Waals surface area (Å²) in [4.78, 5) is 25.8. The highest BCUT2D eigenvalue weighted by Gasteiger charge is 2.42. The summed E-state index contributed by atoms with van der Waals surface area (Å²) < 4.78 is 0. The van der Waals surface area contributed by atoms with Crippen molar-refractivity contribution >= 4 is 23.2 Å². The third-order valence-corrected chi connectivity index (χ3v) is 4.41. The zero-order valence-corrected chi connectivity index (χ0v) is 11.5. The molecule has 1 amide bonds. The Kier molecular flexibility index (Phi) is 4.21. The quantitative estimate of drug-likeness (QED) is 0.846. The molecule has 0 aliphatic carbocycles. The SMILES string of the molecule is NC1(C(=O)O)CCN(C(=O)CCCc2cccs2)C1. The van der Waals surface area contributed by atoms with Crippen LogP contribution < -0.4 is 5.73 Å². The number of nitrogens with two attached hydrogens (primary N) is 1. The number of aliphatic carboxylic acids is 1. The normalized spacial score (nSPS) is 22.7. The van der Waals surface area contributed by atoms with Crippen LogP contribution in [-0.4, -0.2) is 40.5 Å². The molecule has 0 spiro atoms. The van der Waals surface area contributed by atoms with Crippen LogP contribution in [0.2, 0.25) is 0 Å². The van der Waals surface area contributed by atoms with E-state index in [0.29, 0.717) is 19.4 Å². The molecule has 2 rings (SSSR count). The molecule has 19 heavy (non-hydrogen) atoms. The van der Waals surface area contributed by atoms with Gasteiger partial charge in [0.25, 0.3) is 0 Å². The Bertz CT molecular complexity index is 460. The van der Waals surface area contributed by atoms with Crippen molar-refractivity contribution in [1.29, 1.82) is 0 Å². The fourth-order valence-corrected chi connectivity index (χ4v) is 3.00. The lowest BCUT2D eigenvalue weighted by Crippen LogP contribution is -2.50. The van der Waals surface area contributed by atoms with Crippen LogP contribution in [0.15, 0.2) is 17.5 Å². The molecule has 1 atom stereocenters. The number of hydrogen-bond donors (Lipinski definition) is 2. The molecule has 3 N–H and O–H groups in total. The Hall–Kier alpha value is -1.40. The van der Waals surface area contributed by atoms with E-state index >= 15 is 0 Å². The Balaban J connectivity index is 1.77. The minimum atomic E-state index is -1.26. The Morgan fingerprint density at radius 3 is 2.89 bits per heavy atom. The number of carbonyl (C=O) groups is 2. The number of thiophene rings is 1. The molecular formula is C13H18N2O3S. The minimum Gasteiger partial charge on any atom is -0.480 e. The summed E-state index contributed by atoms with van der Waals surface area (Å²) in [5, 5.41) is 11.0. The maximum Gasteiger partial charge on any atom is 0.325 e. The summed E-state index contributed by atoms with van der Waals surface area (Å²) in [6.07, 6.45) is 2.47. The van der Waals surface area contributed by atoms with Gasteiger partial charge in [-0.3, -0.25) is 9.59 Å². The highest BCUT2D eigenvalue weighted by atomic mass is 32.1. The summed E-state index contributed by atoms with van der Waals surface area (Å²) in [7, 11) is 0. The molecule has 0 aromatic carbocycles. The van der Waals surface area contributed by atoms with Gasteiger partial charge in [0.15, 0.2) is 0 Å². The molecule has 1 aliphatic rings. The van der Waals surface area contributed by atoms with Crippen LogP contribution in [0.4, 0.5) is 0 Å². The minimum absolute atomic E-state index is 0.00475. The lowest BCUT2D eigenvalue weighted by molar-refractivity contribution is -0.143. The van der Waals surface area contributed by atoms with Crippen molar-refractivity contribution < 1.29 is 14.7 Å². The summed E-state index contributed by atoms with van der Waals surface area (Å²) in [5.41, 5.74) is 4.48. The maximum atomic E-state index is 12.0. The average molecular weight is 282 g/mol. The van der Waals surface area contributed by atoms with Gasteiger partial charge in [-0.05, 0) is 30.7 Å². The van der Waals surface area contributed by atoms with E-state index in [-0.39, 0.29) is 12.5 Å². The van der Waals surface area contributed by atoms with Crippen molar-refractivity contribution in [3.05, 3.63) is 22.4 Å². The van der Waals surface area contributed by atoms with Crippen LogP contribution in [0, 0.1) is 0 Å². The van der Waals surface area contributed by atoms with Gasteiger partial charge in [-0.25, -0.2) is 0 Å². The molecular weight excluding hydrogens is 264 g/mol. The number of hydrogen-bond acceptors (Lipinski definition) is 4. The highest BCUT2D eigenvalue weighted by molar-refractivity contribution is 7.09. The van der Waals surface area contributed by atoms with Crippen molar-refractivity contribution in [1.82, 2.24) is 4.90 Å². The van der Waals surface area contributed by atoms with E-state index in [1.165, 1.54) is 4.88 Å². The van der Waals surface area contributed by atoms with E-state index in [0.717, 1.165) is 12.8 Å². The molecule has 1 unspecified atom stereocenters. The summed E-state index contributed by atoms with van der Waals surface area (Å²) in [5.74, 6) is -1.02. The van der Waals surface area contributed by atoms with Gasteiger partial charge in [0.1, 0.15) is 5.54 Å². The molecule has 2 heterocycles. The smallest absolute Gasteiger partial charge is 0.325 e. The second-order valence-electron chi connectivity index (χ2n) is 4.96. The zero-order valence-electron chi connectivity index (χ0n) is 10.7. The number of carboxylic acid groups (broad SMARTS) is 1. The monoisotopic (exact) mass is 282 g/mol. The molecule has 0 bridgehead atoms. The number of carboxylic acids is 1. The van der Waals surface area contributed by atoms with Gasteiger partial charge in [-0.2, -0.15) is 0 Å². The van der Waals surface area contributed by atoms with E-state index in [2.05, 4.69) is 6.07 Å². The standard InChI is InChI=1S/C13H18N2O3S/c14-13(12(17)18)6-7-15(9-13)11(16)5-1-3-10-4-2-8-19-10/h2,4,8H,1,3,5-7,9,14H2,(H,17,18). The van der Waals surface area contributed by atoms with Crippen LogP contribution >= 0.6 is 11.3 Å². The van der Waals surface area contributed by atoms with Crippen LogP contribution in [0.1, 0.15) is 24.1 Å². The van der Waals surface area contributed by atoms with E-state index < -0.39 is 11.5 Å². The molecule has 1 aliphatic heterocycles. The summed E-state index contributed by atoms with van der Waals surface area (Å²) in [6.45, 7) is 0.570. The van der Waals surface area contributed by atoms with Gasteiger partial charge < -0.3 is 15.7 Å². The number of nitrogens with zero attached hydrogens (tertiary/aromatic N) is 1. The van der Waals surface area contributed by atoms with E-state index in [1.807, 2.05) is 11.4 Å². The van der Waals surface area contributed by atoms with E-state index in [1.54, 1.807) is 16.2 Å². The molecule has 0 radical (unpaired) electrons. The number of amides is 1. The molecule has 6 heteroatoms. The lowest BCUT2D eigenvalue weighted by atomic mass is 10.0. The molecule has 104 valence electrons. The first-order chi connectivity index (χ1) is 9.01. The first-order valence-electron chi connectivity index (χ1n) is 6.34. The largest absolute Gasteiger partial charge is 0.480 e. The first kappa shape index (κ1) is 14.0. The molecule has 0 saturated carbocycles. The van der Waals surface area contributed by atoms with Crippen molar-refractivity contribution in [3.63, 3.8) is 0 Å². The number of likely N-dealkylation sites (tertiary alicyclic amines) is 1. The molecule has 1 aromatic heterocycles.